The maximum absolute atomic E-state index is 12.3. The standard InChI is InChI=1S/C13H16N4O2S/c1-11-3-2-4-12(7-11)10-20(18,19)16-8-13(9-16)17-6-5-14-15-17/h2-7,13H,8-10H2,1H3. The highest BCUT2D eigenvalue weighted by atomic mass is 32.2. The van der Waals surface area contributed by atoms with E-state index in [0.717, 1.165) is 11.1 Å². The third-order valence-corrected chi connectivity index (χ3v) is 5.25. The van der Waals surface area contributed by atoms with Crippen LogP contribution in [0.25, 0.3) is 0 Å². The number of aryl methyl sites for hydroxylation is 1. The minimum Gasteiger partial charge on any atom is -0.247 e. The number of aromatic nitrogens is 3. The van der Waals surface area contributed by atoms with Crippen molar-refractivity contribution in [3.8, 4) is 0 Å². The van der Waals surface area contributed by atoms with E-state index in [0.29, 0.717) is 13.1 Å². The summed E-state index contributed by atoms with van der Waals surface area (Å²) in [6.45, 7) is 2.90. The summed E-state index contributed by atoms with van der Waals surface area (Å²) in [5.41, 5.74) is 1.90. The zero-order valence-electron chi connectivity index (χ0n) is 11.2. The summed E-state index contributed by atoms with van der Waals surface area (Å²) in [4.78, 5) is 0. The normalized spacial score (nSPS) is 17.1. The van der Waals surface area contributed by atoms with Crippen molar-refractivity contribution >= 4 is 10.0 Å². The Kier molecular flexibility index (Phi) is 3.31. The van der Waals surface area contributed by atoms with Crippen LogP contribution >= 0.6 is 0 Å². The Hall–Kier alpha value is -1.73. The largest absolute Gasteiger partial charge is 0.247 e. The molecule has 1 saturated heterocycles. The van der Waals surface area contributed by atoms with Gasteiger partial charge >= 0.3 is 0 Å². The molecule has 6 nitrogen and oxygen atoms in total. The van der Waals surface area contributed by atoms with Crippen LogP contribution in [0, 0.1) is 6.92 Å². The lowest BCUT2D eigenvalue weighted by Crippen LogP contribution is -2.51. The first kappa shape index (κ1) is 13.3. The van der Waals surface area contributed by atoms with Crippen molar-refractivity contribution in [1.82, 2.24) is 19.3 Å². The molecule has 2 aromatic rings. The van der Waals surface area contributed by atoms with E-state index >= 15 is 0 Å². The Morgan fingerprint density at radius 1 is 1.35 bits per heavy atom. The minimum atomic E-state index is -3.25. The Morgan fingerprint density at radius 3 is 2.80 bits per heavy atom. The first-order valence-corrected chi connectivity index (χ1v) is 8.05. The van der Waals surface area contributed by atoms with Crippen molar-refractivity contribution in [3.63, 3.8) is 0 Å². The lowest BCUT2D eigenvalue weighted by Gasteiger charge is -2.37. The highest BCUT2D eigenvalue weighted by Crippen LogP contribution is 2.25. The Morgan fingerprint density at radius 2 is 2.15 bits per heavy atom. The molecule has 20 heavy (non-hydrogen) atoms. The molecular formula is C13H16N4O2S. The van der Waals surface area contributed by atoms with Crippen molar-refractivity contribution in [1.29, 1.82) is 0 Å². The predicted molar refractivity (Wildman–Crippen MR) is 74.4 cm³/mol. The van der Waals surface area contributed by atoms with Gasteiger partial charge in [0.2, 0.25) is 10.0 Å². The average molecular weight is 292 g/mol. The van der Waals surface area contributed by atoms with Crippen LogP contribution in [-0.2, 0) is 15.8 Å². The Balaban J connectivity index is 1.66. The third-order valence-electron chi connectivity index (χ3n) is 3.47. The van der Waals surface area contributed by atoms with Gasteiger partial charge in [0.05, 0.1) is 18.0 Å². The van der Waals surface area contributed by atoms with Crippen LogP contribution < -0.4 is 0 Å². The summed E-state index contributed by atoms with van der Waals surface area (Å²) in [5.74, 6) is 0.0543. The molecule has 0 radical (unpaired) electrons. The van der Waals surface area contributed by atoms with Gasteiger partial charge in [-0.25, -0.2) is 13.1 Å². The van der Waals surface area contributed by atoms with E-state index in [4.69, 9.17) is 0 Å². The van der Waals surface area contributed by atoms with Crippen molar-refractivity contribution in [3.05, 3.63) is 47.8 Å². The maximum atomic E-state index is 12.3. The Bertz CT molecular complexity index is 691. The number of hydrogen-bond donors (Lipinski definition) is 0. The van der Waals surface area contributed by atoms with Gasteiger partial charge < -0.3 is 0 Å². The second-order valence-electron chi connectivity index (χ2n) is 5.10. The van der Waals surface area contributed by atoms with Crippen LogP contribution in [0.15, 0.2) is 36.7 Å². The van der Waals surface area contributed by atoms with Gasteiger partial charge in [-0.05, 0) is 12.5 Å². The fourth-order valence-corrected chi connectivity index (χ4v) is 3.91. The number of benzene rings is 1. The molecule has 1 aromatic carbocycles. The molecular weight excluding hydrogens is 276 g/mol. The van der Waals surface area contributed by atoms with E-state index in [-0.39, 0.29) is 11.8 Å². The minimum absolute atomic E-state index is 0.0543. The zero-order valence-corrected chi connectivity index (χ0v) is 12.0. The molecule has 0 spiro atoms. The molecule has 1 aliphatic rings. The molecule has 0 amide bonds. The van der Waals surface area contributed by atoms with Gasteiger partial charge in [-0.1, -0.05) is 35.0 Å². The van der Waals surface area contributed by atoms with Crippen LogP contribution in [0.5, 0.6) is 0 Å². The van der Waals surface area contributed by atoms with E-state index in [1.165, 1.54) is 4.31 Å². The summed E-state index contributed by atoms with van der Waals surface area (Å²) in [6.07, 6.45) is 3.36. The van der Waals surface area contributed by atoms with Gasteiger partial charge in [0.1, 0.15) is 0 Å². The SMILES string of the molecule is Cc1cccc(CS(=O)(=O)N2CC(n3ccnn3)C2)c1. The molecule has 0 saturated carbocycles. The van der Waals surface area contributed by atoms with Crippen LogP contribution in [-0.4, -0.2) is 40.8 Å². The zero-order chi connectivity index (χ0) is 14.2. The van der Waals surface area contributed by atoms with E-state index in [1.807, 2.05) is 31.2 Å². The molecule has 0 aliphatic carbocycles. The van der Waals surface area contributed by atoms with Crippen LogP contribution in [0.2, 0.25) is 0 Å². The summed E-state index contributed by atoms with van der Waals surface area (Å²) in [7, 11) is -3.25. The Labute approximate surface area is 118 Å². The number of rotatable bonds is 4. The topological polar surface area (TPSA) is 68.1 Å². The number of hydrogen-bond acceptors (Lipinski definition) is 4. The fourth-order valence-electron chi connectivity index (χ4n) is 2.33. The van der Waals surface area contributed by atoms with Crippen LogP contribution in [0.4, 0.5) is 0 Å². The van der Waals surface area contributed by atoms with Gasteiger partial charge in [0.25, 0.3) is 0 Å². The second kappa shape index (κ2) is 4.99. The maximum Gasteiger partial charge on any atom is 0.218 e. The molecule has 1 fully saturated rings. The van der Waals surface area contributed by atoms with Crippen LogP contribution in [0.3, 0.4) is 0 Å². The monoisotopic (exact) mass is 292 g/mol. The summed E-state index contributed by atoms with van der Waals surface area (Å²) >= 11 is 0. The average Bonchev–Trinajstić information content (AvgIpc) is 2.79. The number of nitrogens with zero attached hydrogens (tertiary/aromatic N) is 4. The van der Waals surface area contributed by atoms with Gasteiger partial charge in [-0.2, -0.15) is 4.31 Å². The molecule has 7 heteroatoms. The molecule has 0 N–H and O–H groups in total. The van der Waals surface area contributed by atoms with E-state index < -0.39 is 10.0 Å². The van der Waals surface area contributed by atoms with Gasteiger partial charge in [-0.15, -0.1) is 5.10 Å². The summed E-state index contributed by atoms with van der Waals surface area (Å²) in [5, 5.41) is 7.63. The highest BCUT2D eigenvalue weighted by molar-refractivity contribution is 7.88. The smallest absolute Gasteiger partial charge is 0.218 e. The van der Waals surface area contributed by atoms with Crippen molar-refractivity contribution < 1.29 is 8.42 Å². The lowest BCUT2D eigenvalue weighted by atomic mass is 10.2. The highest BCUT2D eigenvalue weighted by Gasteiger charge is 2.37. The molecule has 2 heterocycles. The first-order chi connectivity index (χ1) is 9.54. The van der Waals surface area contributed by atoms with Crippen molar-refractivity contribution in [2.75, 3.05) is 13.1 Å². The third kappa shape index (κ3) is 2.59. The van der Waals surface area contributed by atoms with E-state index in [1.54, 1.807) is 17.1 Å². The second-order valence-corrected chi connectivity index (χ2v) is 7.07. The van der Waals surface area contributed by atoms with E-state index in [2.05, 4.69) is 10.3 Å². The first-order valence-electron chi connectivity index (χ1n) is 6.44. The molecule has 1 aliphatic heterocycles. The quantitative estimate of drug-likeness (QED) is 0.842. The van der Waals surface area contributed by atoms with Crippen LogP contribution in [0.1, 0.15) is 17.2 Å². The van der Waals surface area contributed by atoms with Crippen molar-refractivity contribution in [2.45, 2.75) is 18.7 Å². The summed E-state index contributed by atoms with van der Waals surface area (Å²) in [6, 6.07) is 7.70. The number of sulfonamides is 1. The lowest BCUT2D eigenvalue weighted by molar-refractivity contribution is 0.188. The molecule has 0 unspecified atom stereocenters. The van der Waals surface area contributed by atoms with E-state index in [9.17, 15) is 8.42 Å². The molecule has 0 bridgehead atoms. The molecule has 3 rings (SSSR count). The van der Waals surface area contributed by atoms with Crippen molar-refractivity contribution in [2.24, 2.45) is 0 Å². The predicted octanol–water partition coefficient (Wildman–Crippen LogP) is 0.973. The van der Waals surface area contributed by atoms with Gasteiger partial charge in [-0.3, -0.25) is 0 Å². The molecule has 0 atom stereocenters. The summed E-state index contributed by atoms with van der Waals surface area (Å²) < 4.78 is 27.8. The molecule has 106 valence electrons. The fraction of sp³-hybridized carbons (Fsp3) is 0.385. The van der Waals surface area contributed by atoms with Gasteiger partial charge in [0, 0.05) is 19.3 Å². The molecule has 1 aromatic heterocycles. The van der Waals surface area contributed by atoms with Gasteiger partial charge in [0.15, 0.2) is 0 Å².